The summed E-state index contributed by atoms with van der Waals surface area (Å²) < 4.78 is 0. The first-order valence-corrected chi connectivity index (χ1v) is 6.04. The number of benzene rings is 1. The molecule has 7 heteroatoms. The molecule has 0 fully saturated rings. The van der Waals surface area contributed by atoms with E-state index in [-0.39, 0.29) is 12.2 Å². The van der Waals surface area contributed by atoms with E-state index in [0.717, 1.165) is 4.90 Å². The Labute approximate surface area is 120 Å². The van der Waals surface area contributed by atoms with Crippen LogP contribution in [0, 0.1) is 12.3 Å². The Hall–Kier alpha value is -3.14. The average molecular weight is 284 g/mol. The Kier molecular flexibility index (Phi) is 4.31. The molecule has 0 saturated carbocycles. The minimum absolute atomic E-state index is 0.0374. The van der Waals surface area contributed by atoms with Crippen LogP contribution in [0.1, 0.15) is 10.5 Å². The van der Waals surface area contributed by atoms with Crippen LogP contribution in [0.2, 0.25) is 0 Å². The van der Waals surface area contributed by atoms with Crippen molar-refractivity contribution < 1.29 is 14.7 Å². The zero-order chi connectivity index (χ0) is 15.2. The zero-order valence-electron chi connectivity index (χ0n) is 11.0. The molecule has 0 radical (unpaired) electrons. The number of terminal acetylenes is 1. The minimum atomic E-state index is -1.14. The average Bonchev–Trinajstić information content (AvgIpc) is 2.96. The Bertz CT molecular complexity index is 688. The van der Waals surface area contributed by atoms with Gasteiger partial charge in [0, 0.05) is 0 Å². The lowest BCUT2D eigenvalue weighted by molar-refractivity contribution is -0.137. The highest BCUT2D eigenvalue weighted by molar-refractivity contribution is 5.94. The fourth-order valence-corrected chi connectivity index (χ4v) is 1.68. The van der Waals surface area contributed by atoms with Crippen molar-refractivity contribution in [2.75, 3.05) is 13.1 Å². The van der Waals surface area contributed by atoms with Gasteiger partial charge in [-0.3, -0.25) is 9.59 Å². The topological polar surface area (TPSA) is 88.3 Å². The number of rotatable bonds is 5. The number of amides is 1. The van der Waals surface area contributed by atoms with Crippen molar-refractivity contribution in [3.8, 4) is 18.0 Å². The summed E-state index contributed by atoms with van der Waals surface area (Å²) in [5.74, 6) is 0.533. The molecule has 1 aromatic carbocycles. The van der Waals surface area contributed by atoms with Crippen LogP contribution >= 0.6 is 0 Å². The normalized spacial score (nSPS) is 9.86. The van der Waals surface area contributed by atoms with Crippen LogP contribution in [-0.2, 0) is 4.79 Å². The minimum Gasteiger partial charge on any atom is -0.480 e. The van der Waals surface area contributed by atoms with Crippen molar-refractivity contribution in [2.24, 2.45) is 0 Å². The van der Waals surface area contributed by atoms with Gasteiger partial charge in [-0.05, 0) is 12.1 Å². The third kappa shape index (κ3) is 3.45. The van der Waals surface area contributed by atoms with E-state index in [0.29, 0.717) is 5.69 Å². The molecule has 7 nitrogen and oxygen atoms in total. The second-order valence-corrected chi connectivity index (χ2v) is 4.11. The van der Waals surface area contributed by atoms with Crippen LogP contribution in [0.15, 0.2) is 36.5 Å². The van der Waals surface area contributed by atoms with Crippen molar-refractivity contribution in [3.63, 3.8) is 0 Å². The van der Waals surface area contributed by atoms with E-state index in [9.17, 15) is 9.59 Å². The van der Waals surface area contributed by atoms with E-state index in [4.69, 9.17) is 11.5 Å². The molecule has 0 aliphatic carbocycles. The Morgan fingerprint density at radius 3 is 2.67 bits per heavy atom. The first-order chi connectivity index (χ1) is 10.1. The molecule has 0 aliphatic rings. The summed E-state index contributed by atoms with van der Waals surface area (Å²) in [4.78, 5) is 25.2. The zero-order valence-corrected chi connectivity index (χ0v) is 11.0. The summed E-state index contributed by atoms with van der Waals surface area (Å²) in [5, 5.41) is 16.8. The third-order valence-corrected chi connectivity index (χ3v) is 2.59. The predicted molar refractivity (Wildman–Crippen MR) is 73.7 cm³/mol. The van der Waals surface area contributed by atoms with Gasteiger partial charge >= 0.3 is 5.97 Å². The van der Waals surface area contributed by atoms with Crippen LogP contribution in [0.25, 0.3) is 5.69 Å². The fourth-order valence-electron chi connectivity index (χ4n) is 1.68. The second kappa shape index (κ2) is 6.34. The Balaban J connectivity index is 2.22. The number of carbonyl (C=O) groups is 2. The number of hydrogen-bond acceptors (Lipinski definition) is 4. The number of carboxylic acid groups (broad SMARTS) is 1. The van der Waals surface area contributed by atoms with Gasteiger partial charge in [0.15, 0.2) is 5.69 Å². The molecular weight excluding hydrogens is 272 g/mol. The smallest absolute Gasteiger partial charge is 0.323 e. The van der Waals surface area contributed by atoms with Gasteiger partial charge in [0.25, 0.3) is 5.91 Å². The maximum Gasteiger partial charge on any atom is 0.323 e. The Morgan fingerprint density at radius 2 is 2.05 bits per heavy atom. The molecule has 1 aromatic heterocycles. The molecule has 21 heavy (non-hydrogen) atoms. The molecule has 1 N–H and O–H groups in total. The second-order valence-electron chi connectivity index (χ2n) is 4.11. The predicted octanol–water partition coefficient (Wildman–Crippen LogP) is 0.427. The highest BCUT2D eigenvalue weighted by atomic mass is 16.4. The van der Waals surface area contributed by atoms with Gasteiger partial charge in [0.05, 0.1) is 18.4 Å². The lowest BCUT2D eigenvalue weighted by atomic mass is 10.3. The van der Waals surface area contributed by atoms with Crippen molar-refractivity contribution in [2.45, 2.75) is 0 Å². The van der Waals surface area contributed by atoms with Gasteiger partial charge in [0.2, 0.25) is 0 Å². The fraction of sp³-hybridized carbons (Fsp3) is 0.143. The van der Waals surface area contributed by atoms with E-state index in [1.165, 1.54) is 11.0 Å². The number of para-hydroxylation sites is 1. The van der Waals surface area contributed by atoms with Gasteiger partial charge in [-0.25, -0.2) is 0 Å². The summed E-state index contributed by atoms with van der Waals surface area (Å²) in [7, 11) is 0. The lowest BCUT2D eigenvalue weighted by Gasteiger charge is -2.15. The highest BCUT2D eigenvalue weighted by Crippen LogP contribution is 2.06. The van der Waals surface area contributed by atoms with Gasteiger partial charge in [0.1, 0.15) is 6.54 Å². The molecule has 2 aromatic rings. The molecule has 1 heterocycles. The van der Waals surface area contributed by atoms with Crippen LogP contribution in [0.5, 0.6) is 0 Å². The van der Waals surface area contributed by atoms with E-state index < -0.39 is 18.4 Å². The molecule has 106 valence electrons. The summed E-state index contributed by atoms with van der Waals surface area (Å²) in [6.07, 6.45) is 6.42. The first kappa shape index (κ1) is 14.3. The molecule has 2 rings (SSSR count). The quantitative estimate of drug-likeness (QED) is 0.804. The number of aliphatic carboxylic acids is 1. The van der Waals surface area contributed by atoms with Gasteiger partial charge < -0.3 is 10.0 Å². The molecule has 0 spiro atoms. The van der Waals surface area contributed by atoms with Crippen molar-refractivity contribution in [3.05, 3.63) is 42.2 Å². The largest absolute Gasteiger partial charge is 0.480 e. The number of nitrogens with zero attached hydrogens (tertiary/aromatic N) is 4. The van der Waals surface area contributed by atoms with Crippen LogP contribution in [0.3, 0.4) is 0 Å². The maximum atomic E-state index is 12.2. The van der Waals surface area contributed by atoms with Crippen molar-refractivity contribution in [1.29, 1.82) is 0 Å². The van der Waals surface area contributed by atoms with E-state index in [1.54, 1.807) is 12.1 Å². The molecular formula is C14H12N4O3. The molecule has 0 bridgehead atoms. The van der Waals surface area contributed by atoms with E-state index in [1.807, 2.05) is 18.2 Å². The molecule has 0 aliphatic heterocycles. The van der Waals surface area contributed by atoms with Crippen LogP contribution in [0.4, 0.5) is 0 Å². The summed E-state index contributed by atoms with van der Waals surface area (Å²) in [6.45, 7) is -0.593. The number of carbonyl (C=O) groups excluding carboxylic acids is 1. The standard InChI is InChI=1S/C14H12N4O3/c1-2-8-17(10-13(19)20)14(21)12-9-15-18(16-12)11-6-4-3-5-7-11/h1,3-7,9H,8,10H2,(H,19,20). The lowest BCUT2D eigenvalue weighted by Crippen LogP contribution is -2.36. The van der Waals surface area contributed by atoms with Crippen LogP contribution < -0.4 is 0 Å². The summed E-state index contributed by atoms with van der Waals surface area (Å²) in [5.41, 5.74) is 0.730. The molecule has 0 atom stereocenters. The van der Waals surface area contributed by atoms with Crippen LogP contribution in [-0.4, -0.2) is 50.0 Å². The Morgan fingerprint density at radius 1 is 1.33 bits per heavy atom. The molecule has 0 unspecified atom stereocenters. The molecule has 0 saturated heterocycles. The third-order valence-electron chi connectivity index (χ3n) is 2.59. The van der Waals surface area contributed by atoms with E-state index >= 15 is 0 Å². The summed E-state index contributed by atoms with van der Waals surface area (Å²) in [6, 6.07) is 9.04. The summed E-state index contributed by atoms with van der Waals surface area (Å²) >= 11 is 0. The SMILES string of the molecule is C#CCN(CC(=O)O)C(=O)c1cnn(-c2ccccc2)n1. The molecule has 1 amide bonds. The number of hydrogen-bond donors (Lipinski definition) is 1. The van der Waals surface area contributed by atoms with E-state index in [2.05, 4.69) is 16.1 Å². The van der Waals surface area contributed by atoms with Crippen molar-refractivity contribution in [1.82, 2.24) is 19.9 Å². The van der Waals surface area contributed by atoms with Gasteiger partial charge in [-0.15, -0.1) is 11.5 Å². The highest BCUT2D eigenvalue weighted by Gasteiger charge is 2.20. The number of aromatic nitrogens is 3. The van der Waals surface area contributed by atoms with Crippen molar-refractivity contribution >= 4 is 11.9 Å². The van der Waals surface area contributed by atoms with Gasteiger partial charge in [-0.1, -0.05) is 24.1 Å². The maximum absolute atomic E-state index is 12.2. The van der Waals surface area contributed by atoms with Gasteiger partial charge in [-0.2, -0.15) is 9.90 Å². The number of carboxylic acids is 1. The monoisotopic (exact) mass is 284 g/mol. The first-order valence-electron chi connectivity index (χ1n) is 6.04.